The van der Waals surface area contributed by atoms with Gasteiger partial charge in [0.1, 0.15) is 11.5 Å². The minimum Gasteiger partial charge on any atom is -0.457 e. The molecule has 0 atom stereocenters. The zero-order valence-electron chi connectivity index (χ0n) is 11.8. The number of hydrogen-bond acceptors (Lipinski definition) is 2. The van der Waals surface area contributed by atoms with Gasteiger partial charge in [0.2, 0.25) is 0 Å². The lowest BCUT2D eigenvalue weighted by atomic mass is 9.87. The Morgan fingerprint density at radius 2 is 1.70 bits per heavy atom. The maximum Gasteiger partial charge on any atom is 0.153 e. The Bertz CT molecular complexity index is 610. The van der Waals surface area contributed by atoms with E-state index in [9.17, 15) is 4.79 Å². The molecular weight excluding hydrogens is 316 g/mol. The van der Waals surface area contributed by atoms with Crippen LogP contribution in [0, 0.1) is 0 Å². The molecular formula is C17H17BrO2. The van der Waals surface area contributed by atoms with Gasteiger partial charge in [-0.25, -0.2) is 0 Å². The highest BCUT2D eigenvalue weighted by molar-refractivity contribution is 9.10. The number of halogens is 1. The highest BCUT2D eigenvalue weighted by Gasteiger charge is 2.13. The molecule has 0 amide bonds. The van der Waals surface area contributed by atoms with Crippen LogP contribution in [0.4, 0.5) is 0 Å². The molecule has 0 aliphatic heterocycles. The molecule has 3 heteroatoms. The summed E-state index contributed by atoms with van der Waals surface area (Å²) in [7, 11) is 0. The molecule has 0 bridgehead atoms. The predicted octanol–water partition coefficient (Wildman–Crippen LogP) is 5.35. The van der Waals surface area contributed by atoms with Crippen molar-refractivity contribution in [2.75, 3.05) is 0 Å². The van der Waals surface area contributed by atoms with Crippen LogP contribution in [0.5, 0.6) is 11.5 Å². The largest absolute Gasteiger partial charge is 0.457 e. The fourth-order valence-corrected chi connectivity index (χ4v) is 2.23. The summed E-state index contributed by atoms with van der Waals surface area (Å²) in [5, 5.41) is 0. The molecule has 0 heterocycles. The fraction of sp³-hybridized carbons (Fsp3) is 0.235. The van der Waals surface area contributed by atoms with Crippen LogP contribution in [0.15, 0.2) is 46.9 Å². The van der Waals surface area contributed by atoms with Crippen LogP contribution in [0.1, 0.15) is 36.7 Å². The number of ether oxygens (including phenoxy) is 1. The van der Waals surface area contributed by atoms with Crippen molar-refractivity contribution < 1.29 is 9.53 Å². The summed E-state index contributed by atoms with van der Waals surface area (Å²) in [6, 6.07) is 13.3. The first kappa shape index (κ1) is 14.8. The predicted molar refractivity (Wildman–Crippen MR) is 84.7 cm³/mol. The van der Waals surface area contributed by atoms with Gasteiger partial charge in [-0.05, 0) is 41.3 Å². The third-order valence-electron chi connectivity index (χ3n) is 3.05. The van der Waals surface area contributed by atoms with Crippen LogP contribution in [-0.2, 0) is 5.41 Å². The monoisotopic (exact) mass is 332 g/mol. The average Bonchev–Trinajstić information content (AvgIpc) is 2.40. The Morgan fingerprint density at radius 3 is 2.25 bits per heavy atom. The maximum atomic E-state index is 11.1. The van der Waals surface area contributed by atoms with Crippen molar-refractivity contribution in [3.8, 4) is 11.5 Å². The van der Waals surface area contributed by atoms with Crippen LogP contribution in [0.3, 0.4) is 0 Å². The van der Waals surface area contributed by atoms with Gasteiger partial charge in [0.05, 0.1) is 5.56 Å². The molecule has 0 saturated carbocycles. The topological polar surface area (TPSA) is 26.3 Å². The van der Waals surface area contributed by atoms with Crippen molar-refractivity contribution in [2.45, 2.75) is 26.2 Å². The molecule has 2 nitrogen and oxygen atoms in total. The summed E-state index contributed by atoms with van der Waals surface area (Å²) >= 11 is 3.34. The van der Waals surface area contributed by atoms with Crippen LogP contribution < -0.4 is 4.74 Å². The van der Waals surface area contributed by atoms with Crippen molar-refractivity contribution in [1.29, 1.82) is 0 Å². The summed E-state index contributed by atoms with van der Waals surface area (Å²) in [6.45, 7) is 6.51. The van der Waals surface area contributed by atoms with Crippen molar-refractivity contribution in [3.05, 3.63) is 58.1 Å². The third-order valence-corrected chi connectivity index (χ3v) is 3.54. The summed E-state index contributed by atoms with van der Waals surface area (Å²) in [5.41, 5.74) is 1.89. The Labute approximate surface area is 127 Å². The molecule has 0 saturated heterocycles. The van der Waals surface area contributed by atoms with Crippen molar-refractivity contribution in [1.82, 2.24) is 0 Å². The molecule has 0 aliphatic carbocycles. The Hall–Kier alpha value is -1.61. The van der Waals surface area contributed by atoms with Gasteiger partial charge in [-0.2, -0.15) is 0 Å². The van der Waals surface area contributed by atoms with Gasteiger partial charge < -0.3 is 4.74 Å². The smallest absolute Gasteiger partial charge is 0.153 e. The quantitative estimate of drug-likeness (QED) is 0.708. The number of carbonyl (C=O) groups is 1. The fourth-order valence-electron chi connectivity index (χ4n) is 1.85. The zero-order chi connectivity index (χ0) is 14.8. The molecule has 0 aromatic heterocycles. The normalized spacial score (nSPS) is 11.2. The molecule has 0 N–H and O–H groups in total. The van der Waals surface area contributed by atoms with E-state index in [0.717, 1.165) is 16.5 Å². The Balaban J connectivity index is 2.25. The SMILES string of the molecule is CC(C)(C)c1ccc(Oc2ccc(Br)cc2C=O)cc1. The second kappa shape index (κ2) is 5.80. The number of benzene rings is 2. The van der Waals surface area contributed by atoms with E-state index in [1.54, 1.807) is 12.1 Å². The third kappa shape index (κ3) is 3.48. The first-order valence-electron chi connectivity index (χ1n) is 6.43. The second-order valence-electron chi connectivity index (χ2n) is 5.68. The first-order valence-corrected chi connectivity index (χ1v) is 7.22. The molecule has 2 aromatic rings. The van der Waals surface area contributed by atoms with E-state index in [0.29, 0.717) is 11.3 Å². The lowest BCUT2D eigenvalue weighted by Gasteiger charge is -2.19. The number of hydrogen-bond donors (Lipinski definition) is 0. The van der Waals surface area contributed by atoms with Crippen molar-refractivity contribution in [2.24, 2.45) is 0 Å². The van der Waals surface area contributed by atoms with Crippen LogP contribution in [-0.4, -0.2) is 6.29 Å². The second-order valence-corrected chi connectivity index (χ2v) is 6.59. The highest BCUT2D eigenvalue weighted by Crippen LogP contribution is 2.29. The molecule has 0 spiro atoms. The number of carbonyl (C=O) groups excluding carboxylic acids is 1. The Morgan fingerprint density at radius 1 is 1.05 bits per heavy atom. The van der Waals surface area contributed by atoms with Gasteiger partial charge in [0.25, 0.3) is 0 Å². The zero-order valence-corrected chi connectivity index (χ0v) is 13.4. The van der Waals surface area contributed by atoms with Crippen molar-refractivity contribution >= 4 is 22.2 Å². The molecule has 20 heavy (non-hydrogen) atoms. The minimum absolute atomic E-state index is 0.115. The molecule has 2 rings (SSSR count). The van der Waals surface area contributed by atoms with E-state index in [1.807, 2.05) is 18.2 Å². The first-order chi connectivity index (χ1) is 9.40. The molecule has 2 aromatic carbocycles. The summed E-state index contributed by atoms with van der Waals surface area (Å²) in [5.74, 6) is 1.29. The van der Waals surface area contributed by atoms with Gasteiger partial charge in [0.15, 0.2) is 6.29 Å². The van der Waals surface area contributed by atoms with Gasteiger partial charge in [-0.15, -0.1) is 0 Å². The lowest BCUT2D eigenvalue weighted by molar-refractivity contribution is 0.112. The molecule has 0 fully saturated rings. The van der Waals surface area contributed by atoms with Gasteiger partial charge in [-0.3, -0.25) is 4.79 Å². The number of aldehydes is 1. The highest BCUT2D eigenvalue weighted by atomic mass is 79.9. The van der Waals surface area contributed by atoms with Crippen LogP contribution >= 0.6 is 15.9 Å². The standard InChI is InChI=1S/C17H17BrO2/c1-17(2,3)13-4-7-15(8-5-13)20-16-9-6-14(18)10-12(16)11-19/h4-11H,1-3H3. The van der Waals surface area contributed by atoms with E-state index in [1.165, 1.54) is 5.56 Å². The molecule has 104 valence electrons. The molecule has 0 aliphatic rings. The van der Waals surface area contributed by atoms with E-state index >= 15 is 0 Å². The Kier molecular flexibility index (Phi) is 4.29. The van der Waals surface area contributed by atoms with E-state index in [-0.39, 0.29) is 5.41 Å². The van der Waals surface area contributed by atoms with E-state index in [2.05, 4.69) is 48.8 Å². The van der Waals surface area contributed by atoms with Crippen molar-refractivity contribution in [3.63, 3.8) is 0 Å². The van der Waals surface area contributed by atoms with Gasteiger partial charge in [-0.1, -0.05) is 48.8 Å². The van der Waals surface area contributed by atoms with Crippen LogP contribution in [0.2, 0.25) is 0 Å². The van der Waals surface area contributed by atoms with Gasteiger partial charge in [0, 0.05) is 4.47 Å². The maximum absolute atomic E-state index is 11.1. The van der Waals surface area contributed by atoms with E-state index < -0.39 is 0 Å². The summed E-state index contributed by atoms with van der Waals surface area (Å²) < 4.78 is 6.63. The summed E-state index contributed by atoms with van der Waals surface area (Å²) in [6.07, 6.45) is 0.795. The van der Waals surface area contributed by atoms with E-state index in [4.69, 9.17) is 4.74 Å². The number of rotatable bonds is 3. The minimum atomic E-state index is 0.115. The van der Waals surface area contributed by atoms with Crippen LogP contribution in [0.25, 0.3) is 0 Å². The summed E-state index contributed by atoms with van der Waals surface area (Å²) in [4.78, 5) is 11.1. The molecule has 0 radical (unpaired) electrons. The molecule has 0 unspecified atom stereocenters. The average molecular weight is 333 g/mol. The lowest BCUT2D eigenvalue weighted by Crippen LogP contribution is -2.10. The van der Waals surface area contributed by atoms with Gasteiger partial charge >= 0.3 is 0 Å².